The molecule has 0 saturated heterocycles. The molecule has 2 nitrogen and oxygen atoms in total. The Hall–Kier alpha value is -0.500. The van der Waals surface area contributed by atoms with Crippen molar-refractivity contribution >= 4 is 11.6 Å². The van der Waals surface area contributed by atoms with Gasteiger partial charge in [0.25, 0.3) is 0 Å². The molecule has 1 aromatic heterocycles. The Morgan fingerprint density at radius 2 is 2.50 bits per heavy atom. The van der Waals surface area contributed by atoms with Gasteiger partial charge in [-0.1, -0.05) is 6.92 Å². The van der Waals surface area contributed by atoms with E-state index in [9.17, 15) is 0 Å². The fourth-order valence-corrected chi connectivity index (χ4v) is 0.901. The van der Waals surface area contributed by atoms with Gasteiger partial charge in [-0.05, 0) is 5.92 Å². The monoisotopic (exact) mass is 158 g/mol. The number of aromatic nitrogens is 2. The number of halogens is 1. The van der Waals surface area contributed by atoms with Crippen LogP contribution in [-0.2, 0) is 6.54 Å². The Morgan fingerprint density at radius 1 is 1.70 bits per heavy atom. The van der Waals surface area contributed by atoms with Crippen molar-refractivity contribution in [1.29, 1.82) is 0 Å². The van der Waals surface area contributed by atoms with Gasteiger partial charge in [0.05, 0.1) is 6.33 Å². The molecule has 0 amide bonds. The van der Waals surface area contributed by atoms with Gasteiger partial charge in [0.15, 0.2) is 0 Å². The van der Waals surface area contributed by atoms with Crippen LogP contribution in [0.4, 0.5) is 0 Å². The van der Waals surface area contributed by atoms with Crippen molar-refractivity contribution in [1.82, 2.24) is 9.55 Å². The number of rotatable bonds is 3. The maximum absolute atomic E-state index is 5.64. The first-order chi connectivity index (χ1) is 4.83. The molecular formula is C7H11ClN2. The van der Waals surface area contributed by atoms with Crippen LogP contribution in [0.2, 0.25) is 0 Å². The summed E-state index contributed by atoms with van der Waals surface area (Å²) in [5, 5.41) is 0. The van der Waals surface area contributed by atoms with Crippen molar-refractivity contribution in [2.45, 2.75) is 13.5 Å². The second-order valence-corrected chi connectivity index (χ2v) is 2.83. The summed E-state index contributed by atoms with van der Waals surface area (Å²) in [5.74, 6) is 1.23. The lowest BCUT2D eigenvalue weighted by atomic mass is 10.2. The number of nitrogens with zero attached hydrogens (tertiary/aromatic N) is 2. The second-order valence-electron chi connectivity index (χ2n) is 2.52. The van der Waals surface area contributed by atoms with Crippen LogP contribution in [0.25, 0.3) is 0 Å². The third kappa shape index (κ3) is 2.03. The highest BCUT2D eigenvalue weighted by Crippen LogP contribution is 2.01. The van der Waals surface area contributed by atoms with Crippen molar-refractivity contribution in [3.8, 4) is 0 Å². The van der Waals surface area contributed by atoms with E-state index in [-0.39, 0.29) is 0 Å². The molecule has 10 heavy (non-hydrogen) atoms. The average molecular weight is 159 g/mol. The minimum Gasteiger partial charge on any atom is -0.337 e. The highest BCUT2D eigenvalue weighted by molar-refractivity contribution is 6.18. The highest BCUT2D eigenvalue weighted by Gasteiger charge is 1.98. The molecule has 0 saturated carbocycles. The summed E-state index contributed by atoms with van der Waals surface area (Å²) in [6.45, 7) is 3.08. The number of alkyl halides is 1. The summed E-state index contributed by atoms with van der Waals surface area (Å²) in [5.41, 5.74) is 0. The number of hydrogen-bond donors (Lipinski definition) is 0. The zero-order valence-electron chi connectivity index (χ0n) is 6.00. The van der Waals surface area contributed by atoms with E-state index in [1.165, 1.54) is 0 Å². The Bertz CT molecular complexity index is 172. The Morgan fingerprint density at radius 3 is 3.00 bits per heavy atom. The fraction of sp³-hybridized carbons (Fsp3) is 0.571. The molecular weight excluding hydrogens is 148 g/mol. The molecule has 1 atom stereocenters. The van der Waals surface area contributed by atoms with Crippen LogP contribution in [0.15, 0.2) is 18.7 Å². The molecule has 0 radical (unpaired) electrons. The molecule has 1 heterocycles. The van der Waals surface area contributed by atoms with Gasteiger partial charge in [0.1, 0.15) is 0 Å². The van der Waals surface area contributed by atoms with Crippen molar-refractivity contribution in [2.75, 3.05) is 5.88 Å². The number of hydrogen-bond acceptors (Lipinski definition) is 1. The molecule has 0 spiro atoms. The van der Waals surface area contributed by atoms with Crippen LogP contribution >= 0.6 is 11.6 Å². The Balaban J connectivity index is 2.40. The molecule has 1 rings (SSSR count). The van der Waals surface area contributed by atoms with Gasteiger partial charge < -0.3 is 4.57 Å². The Labute approximate surface area is 65.8 Å². The van der Waals surface area contributed by atoms with Crippen LogP contribution in [0.1, 0.15) is 6.92 Å². The first kappa shape index (κ1) is 7.61. The molecule has 0 aliphatic rings. The van der Waals surface area contributed by atoms with Crippen LogP contribution in [0.3, 0.4) is 0 Å². The summed E-state index contributed by atoms with van der Waals surface area (Å²) >= 11 is 5.64. The van der Waals surface area contributed by atoms with E-state index in [2.05, 4.69) is 11.9 Å². The van der Waals surface area contributed by atoms with E-state index in [4.69, 9.17) is 11.6 Å². The van der Waals surface area contributed by atoms with Crippen LogP contribution in [-0.4, -0.2) is 15.4 Å². The van der Waals surface area contributed by atoms with E-state index in [1.54, 1.807) is 6.20 Å². The third-order valence-corrected chi connectivity index (χ3v) is 1.87. The summed E-state index contributed by atoms with van der Waals surface area (Å²) in [4.78, 5) is 3.93. The Kier molecular flexibility index (Phi) is 2.75. The predicted octanol–water partition coefficient (Wildman–Crippen LogP) is 1.76. The smallest absolute Gasteiger partial charge is 0.0946 e. The molecule has 0 aliphatic carbocycles. The van der Waals surface area contributed by atoms with Crippen molar-refractivity contribution < 1.29 is 0 Å². The van der Waals surface area contributed by atoms with Gasteiger partial charge in [0.2, 0.25) is 0 Å². The maximum Gasteiger partial charge on any atom is 0.0946 e. The first-order valence-corrected chi connectivity index (χ1v) is 3.88. The van der Waals surface area contributed by atoms with Gasteiger partial charge in [-0.3, -0.25) is 0 Å². The van der Waals surface area contributed by atoms with E-state index < -0.39 is 0 Å². The number of imidazole rings is 1. The largest absolute Gasteiger partial charge is 0.337 e. The lowest BCUT2D eigenvalue weighted by Crippen LogP contribution is -2.06. The zero-order valence-corrected chi connectivity index (χ0v) is 6.75. The molecule has 1 aromatic rings. The predicted molar refractivity (Wildman–Crippen MR) is 42.1 cm³/mol. The fourth-order valence-electron chi connectivity index (χ4n) is 0.803. The van der Waals surface area contributed by atoms with Crippen LogP contribution in [0.5, 0.6) is 0 Å². The van der Waals surface area contributed by atoms with Gasteiger partial charge in [-0.15, -0.1) is 11.6 Å². The summed E-state index contributed by atoms with van der Waals surface area (Å²) in [7, 11) is 0. The SMILES string of the molecule is C[C@@H](CCl)Cn1ccnc1. The second kappa shape index (κ2) is 3.62. The average Bonchev–Trinajstić information content (AvgIpc) is 2.40. The standard InChI is InChI=1S/C7H11ClN2/c1-7(4-8)5-10-3-2-9-6-10/h2-3,6-7H,4-5H2,1H3/t7-/m0/s1. The summed E-state index contributed by atoms with van der Waals surface area (Å²) < 4.78 is 2.03. The minimum absolute atomic E-state index is 0.524. The molecule has 0 unspecified atom stereocenters. The highest BCUT2D eigenvalue weighted by atomic mass is 35.5. The van der Waals surface area contributed by atoms with E-state index in [0.717, 1.165) is 6.54 Å². The van der Waals surface area contributed by atoms with Crippen molar-refractivity contribution in [3.05, 3.63) is 18.7 Å². The molecule has 0 N–H and O–H groups in total. The van der Waals surface area contributed by atoms with E-state index in [0.29, 0.717) is 11.8 Å². The van der Waals surface area contributed by atoms with E-state index in [1.807, 2.05) is 17.1 Å². The van der Waals surface area contributed by atoms with Crippen molar-refractivity contribution in [2.24, 2.45) is 5.92 Å². The van der Waals surface area contributed by atoms with E-state index >= 15 is 0 Å². The molecule has 0 bridgehead atoms. The van der Waals surface area contributed by atoms with Crippen molar-refractivity contribution in [3.63, 3.8) is 0 Å². The molecule has 3 heteroatoms. The molecule has 0 fully saturated rings. The first-order valence-electron chi connectivity index (χ1n) is 3.34. The normalized spacial score (nSPS) is 13.4. The summed E-state index contributed by atoms with van der Waals surface area (Å²) in [6.07, 6.45) is 5.53. The topological polar surface area (TPSA) is 17.8 Å². The van der Waals surface area contributed by atoms with Gasteiger partial charge in [0, 0.05) is 24.8 Å². The zero-order chi connectivity index (χ0) is 7.40. The molecule has 56 valence electrons. The third-order valence-electron chi connectivity index (χ3n) is 1.35. The quantitative estimate of drug-likeness (QED) is 0.613. The van der Waals surface area contributed by atoms with Gasteiger partial charge >= 0.3 is 0 Å². The molecule has 0 aliphatic heterocycles. The maximum atomic E-state index is 5.64. The lowest BCUT2D eigenvalue weighted by molar-refractivity contribution is 0.528. The lowest BCUT2D eigenvalue weighted by Gasteiger charge is -2.06. The molecule has 0 aromatic carbocycles. The minimum atomic E-state index is 0.524. The van der Waals surface area contributed by atoms with Crippen LogP contribution < -0.4 is 0 Å². The van der Waals surface area contributed by atoms with Gasteiger partial charge in [-0.2, -0.15) is 0 Å². The van der Waals surface area contributed by atoms with Gasteiger partial charge in [-0.25, -0.2) is 4.98 Å². The summed E-state index contributed by atoms with van der Waals surface area (Å²) in [6, 6.07) is 0. The van der Waals surface area contributed by atoms with Crippen LogP contribution in [0, 0.1) is 5.92 Å².